The van der Waals surface area contributed by atoms with Gasteiger partial charge >= 0.3 is 0 Å². The van der Waals surface area contributed by atoms with Crippen molar-refractivity contribution >= 4 is 5.91 Å². The van der Waals surface area contributed by atoms with Crippen LogP contribution in [0.3, 0.4) is 0 Å². The van der Waals surface area contributed by atoms with Crippen molar-refractivity contribution in [3.05, 3.63) is 0 Å². The Morgan fingerprint density at radius 1 is 1.40 bits per heavy atom. The molecule has 4 N–H and O–H groups in total. The molecule has 0 saturated heterocycles. The van der Waals surface area contributed by atoms with Gasteiger partial charge in [-0.3, -0.25) is 4.79 Å². The molecule has 1 amide bonds. The number of amides is 1. The second kappa shape index (κ2) is 8.60. The number of aliphatic hydroxyl groups is 1. The molecule has 0 radical (unpaired) electrons. The van der Waals surface area contributed by atoms with E-state index < -0.39 is 12.1 Å². The molecule has 0 aliphatic heterocycles. The van der Waals surface area contributed by atoms with Gasteiger partial charge in [0, 0.05) is 6.54 Å². The first-order valence-electron chi connectivity index (χ1n) is 7.74. The molecule has 1 saturated carbocycles. The van der Waals surface area contributed by atoms with Crippen molar-refractivity contribution in [2.24, 2.45) is 17.6 Å². The number of ether oxygens (including phenoxy) is 1. The molecule has 0 aromatic carbocycles. The first-order valence-corrected chi connectivity index (χ1v) is 7.74. The molecule has 1 aliphatic carbocycles. The zero-order valence-corrected chi connectivity index (χ0v) is 13.0. The molecule has 0 aromatic heterocycles. The van der Waals surface area contributed by atoms with Crippen molar-refractivity contribution in [1.82, 2.24) is 5.32 Å². The Morgan fingerprint density at radius 3 is 2.60 bits per heavy atom. The maximum Gasteiger partial charge on any atom is 0.234 e. The zero-order chi connectivity index (χ0) is 15.1. The average molecular weight is 286 g/mol. The number of carbonyl (C=O) groups excluding carboxylic acids is 1. The summed E-state index contributed by atoms with van der Waals surface area (Å²) in [7, 11) is 0. The van der Waals surface area contributed by atoms with Crippen molar-refractivity contribution in [2.45, 2.75) is 64.7 Å². The van der Waals surface area contributed by atoms with Crippen molar-refractivity contribution in [1.29, 1.82) is 0 Å². The number of rotatable bonds is 8. The lowest BCUT2D eigenvalue weighted by atomic mass is 9.88. The van der Waals surface area contributed by atoms with E-state index in [1.807, 2.05) is 13.8 Å². The number of nitrogens with two attached hydrogens (primary N) is 1. The number of hydrogen-bond donors (Lipinski definition) is 3. The van der Waals surface area contributed by atoms with Crippen molar-refractivity contribution in [3.8, 4) is 0 Å². The van der Waals surface area contributed by atoms with Crippen LogP contribution in [0.2, 0.25) is 0 Å². The summed E-state index contributed by atoms with van der Waals surface area (Å²) < 4.78 is 5.80. The Bertz CT molecular complexity index is 297. The minimum Gasteiger partial charge on any atom is -0.389 e. The lowest BCUT2D eigenvalue weighted by molar-refractivity contribution is -0.121. The van der Waals surface area contributed by atoms with Crippen LogP contribution in [0.25, 0.3) is 0 Å². The molecule has 1 rings (SSSR count). The van der Waals surface area contributed by atoms with Gasteiger partial charge in [0.25, 0.3) is 0 Å². The lowest BCUT2D eigenvalue weighted by Gasteiger charge is -2.30. The Labute approximate surface area is 122 Å². The Balaban J connectivity index is 2.25. The minimum absolute atomic E-state index is 0.110. The maximum atomic E-state index is 11.2. The monoisotopic (exact) mass is 286 g/mol. The van der Waals surface area contributed by atoms with Crippen LogP contribution in [0.5, 0.6) is 0 Å². The van der Waals surface area contributed by atoms with Crippen molar-refractivity contribution < 1.29 is 14.6 Å². The summed E-state index contributed by atoms with van der Waals surface area (Å²) in [6, 6.07) is -0.404. The molecular weight excluding hydrogens is 256 g/mol. The molecule has 20 heavy (non-hydrogen) atoms. The van der Waals surface area contributed by atoms with Gasteiger partial charge in [-0.1, -0.05) is 33.6 Å². The highest BCUT2D eigenvalue weighted by Gasteiger charge is 2.23. The normalized spacial score (nSPS) is 26.4. The van der Waals surface area contributed by atoms with E-state index >= 15 is 0 Å². The van der Waals surface area contributed by atoms with Crippen molar-refractivity contribution in [2.75, 3.05) is 13.2 Å². The molecular formula is C15H30N2O3. The van der Waals surface area contributed by atoms with E-state index in [1.165, 1.54) is 19.3 Å². The van der Waals surface area contributed by atoms with E-state index in [0.29, 0.717) is 19.1 Å². The number of aliphatic hydroxyl groups excluding tert-OH is 1. The highest BCUT2D eigenvalue weighted by molar-refractivity contribution is 5.80. The molecule has 4 atom stereocenters. The van der Waals surface area contributed by atoms with E-state index in [2.05, 4.69) is 12.2 Å². The van der Waals surface area contributed by atoms with E-state index in [0.717, 1.165) is 6.42 Å². The number of carbonyl (C=O) groups is 1. The molecule has 0 aromatic rings. The van der Waals surface area contributed by atoms with Gasteiger partial charge in [0.1, 0.15) is 0 Å². The summed E-state index contributed by atoms with van der Waals surface area (Å²) in [5, 5.41) is 13.0. The minimum atomic E-state index is -0.607. The highest BCUT2D eigenvalue weighted by Crippen LogP contribution is 2.26. The number of nitrogens with one attached hydrogen (secondary N) is 1. The summed E-state index contributed by atoms with van der Waals surface area (Å²) in [5.74, 6) is 0.297. The van der Waals surface area contributed by atoms with E-state index in [4.69, 9.17) is 10.5 Å². The van der Waals surface area contributed by atoms with Crippen LogP contribution in [-0.4, -0.2) is 42.4 Å². The Morgan fingerprint density at radius 2 is 2.05 bits per heavy atom. The fraction of sp³-hybridized carbons (Fsp3) is 0.933. The Hall–Kier alpha value is -0.650. The molecule has 1 aliphatic rings. The average Bonchev–Trinajstić information content (AvgIpc) is 2.37. The molecule has 118 valence electrons. The summed E-state index contributed by atoms with van der Waals surface area (Å²) >= 11 is 0. The smallest absolute Gasteiger partial charge is 0.234 e. The highest BCUT2D eigenvalue weighted by atomic mass is 16.5. The number of primary amides is 1. The van der Waals surface area contributed by atoms with Crippen LogP contribution < -0.4 is 11.1 Å². The van der Waals surface area contributed by atoms with Crippen LogP contribution in [0.15, 0.2) is 0 Å². The molecule has 5 nitrogen and oxygen atoms in total. The van der Waals surface area contributed by atoms with Crippen LogP contribution >= 0.6 is 0 Å². The zero-order valence-electron chi connectivity index (χ0n) is 13.0. The summed E-state index contributed by atoms with van der Waals surface area (Å²) in [6.07, 6.45) is 4.42. The third kappa shape index (κ3) is 5.77. The lowest BCUT2D eigenvalue weighted by Crippen LogP contribution is -2.48. The predicted molar refractivity (Wildman–Crippen MR) is 79.2 cm³/mol. The first kappa shape index (κ1) is 17.4. The van der Waals surface area contributed by atoms with Crippen LogP contribution in [0.1, 0.15) is 46.5 Å². The van der Waals surface area contributed by atoms with Gasteiger partial charge in [0.2, 0.25) is 5.91 Å². The van der Waals surface area contributed by atoms with E-state index in [9.17, 15) is 9.90 Å². The predicted octanol–water partition coefficient (Wildman–Crippen LogP) is 1.04. The molecule has 5 heteroatoms. The number of hydrogen-bond acceptors (Lipinski definition) is 4. The van der Waals surface area contributed by atoms with E-state index in [-0.39, 0.29) is 17.9 Å². The molecule has 4 unspecified atom stereocenters. The standard InChI is InChI=1S/C15H30N2O3/c1-10(2)14(15(16)19)17-8-12(18)9-20-13-7-5-4-6-11(13)3/h10-14,17-18H,4-9H2,1-3H3,(H2,16,19). The summed E-state index contributed by atoms with van der Waals surface area (Å²) in [5.41, 5.74) is 5.32. The van der Waals surface area contributed by atoms with Crippen molar-refractivity contribution in [3.63, 3.8) is 0 Å². The summed E-state index contributed by atoms with van der Waals surface area (Å²) in [6.45, 7) is 6.69. The van der Waals surface area contributed by atoms with Crippen LogP contribution in [0.4, 0.5) is 0 Å². The van der Waals surface area contributed by atoms with Gasteiger partial charge in [-0.25, -0.2) is 0 Å². The maximum absolute atomic E-state index is 11.2. The van der Waals surface area contributed by atoms with Gasteiger partial charge < -0.3 is 20.9 Å². The summed E-state index contributed by atoms with van der Waals surface area (Å²) in [4.78, 5) is 11.2. The molecule has 0 heterocycles. The van der Waals surface area contributed by atoms with Gasteiger partial charge in [-0.2, -0.15) is 0 Å². The second-order valence-electron chi connectivity index (χ2n) is 6.32. The third-order valence-electron chi connectivity index (χ3n) is 4.08. The van der Waals surface area contributed by atoms with Gasteiger partial charge in [-0.05, 0) is 24.7 Å². The fourth-order valence-electron chi connectivity index (χ4n) is 2.75. The fourth-order valence-corrected chi connectivity index (χ4v) is 2.75. The van der Waals surface area contributed by atoms with Gasteiger partial charge in [0.15, 0.2) is 0 Å². The quantitative estimate of drug-likeness (QED) is 0.622. The molecule has 1 fully saturated rings. The van der Waals surface area contributed by atoms with E-state index in [1.54, 1.807) is 0 Å². The largest absolute Gasteiger partial charge is 0.389 e. The molecule has 0 bridgehead atoms. The van der Waals surface area contributed by atoms with Crippen LogP contribution in [-0.2, 0) is 9.53 Å². The second-order valence-corrected chi connectivity index (χ2v) is 6.32. The first-order chi connectivity index (χ1) is 9.41. The van der Waals surface area contributed by atoms with Crippen LogP contribution in [0, 0.1) is 11.8 Å². The van der Waals surface area contributed by atoms with Gasteiger partial charge in [0.05, 0.1) is 24.9 Å². The van der Waals surface area contributed by atoms with Gasteiger partial charge in [-0.15, -0.1) is 0 Å². The Kier molecular flexibility index (Phi) is 7.48. The third-order valence-corrected chi connectivity index (χ3v) is 4.08. The topological polar surface area (TPSA) is 84.6 Å². The SMILES string of the molecule is CC(C)C(NCC(O)COC1CCCCC1C)C(N)=O. The molecule has 0 spiro atoms.